The van der Waals surface area contributed by atoms with Crippen molar-refractivity contribution in [3.05, 3.63) is 62.6 Å². The van der Waals surface area contributed by atoms with Crippen molar-refractivity contribution in [3.63, 3.8) is 0 Å². The second-order valence-electron chi connectivity index (χ2n) is 7.09. The number of nitrogens with zero attached hydrogens (tertiary/aromatic N) is 2. The standard InChI is InChI=1S/C21H24N4O2S/c1-12(2)15-5-7-16(8-6-15)18-11-28-21(24-18)25-19(26)10-9-17-13(3)22-20(27)23-14(17)4/h5-8,11-12H,9-10H2,1-4H3,(H,22,23,27)(H,24,25,26). The number of benzene rings is 1. The van der Waals surface area contributed by atoms with Crippen LogP contribution in [0.3, 0.4) is 0 Å². The van der Waals surface area contributed by atoms with Crippen LogP contribution in [0.2, 0.25) is 0 Å². The van der Waals surface area contributed by atoms with Crippen LogP contribution < -0.4 is 11.0 Å². The van der Waals surface area contributed by atoms with E-state index < -0.39 is 0 Å². The molecule has 0 fully saturated rings. The molecule has 2 N–H and O–H groups in total. The molecule has 0 bridgehead atoms. The Morgan fingerprint density at radius 3 is 2.54 bits per heavy atom. The van der Waals surface area contributed by atoms with Crippen molar-refractivity contribution in [1.29, 1.82) is 0 Å². The highest BCUT2D eigenvalue weighted by Crippen LogP contribution is 2.26. The van der Waals surface area contributed by atoms with Gasteiger partial charge in [0.1, 0.15) is 0 Å². The Morgan fingerprint density at radius 2 is 1.89 bits per heavy atom. The molecule has 3 aromatic rings. The SMILES string of the molecule is Cc1nc(=O)[nH]c(C)c1CCC(=O)Nc1nc(-c2ccc(C(C)C)cc2)cs1. The lowest BCUT2D eigenvalue weighted by Crippen LogP contribution is -2.18. The minimum Gasteiger partial charge on any atom is -0.310 e. The third-order valence-corrected chi connectivity index (χ3v) is 5.44. The van der Waals surface area contributed by atoms with Crippen molar-refractivity contribution < 1.29 is 4.79 Å². The molecule has 28 heavy (non-hydrogen) atoms. The van der Waals surface area contributed by atoms with Gasteiger partial charge in [0, 0.05) is 28.8 Å². The average molecular weight is 397 g/mol. The summed E-state index contributed by atoms with van der Waals surface area (Å²) in [5, 5.41) is 5.39. The highest BCUT2D eigenvalue weighted by atomic mass is 32.1. The number of aromatic nitrogens is 3. The molecule has 146 valence electrons. The highest BCUT2D eigenvalue weighted by Gasteiger charge is 2.12. The molecular formula is C21H24N4O2S. The van der Waals surface area contributed by atoms with E-state index in [0.717, 1.165) is 22.5 Å². The third-order valence-electron chi connectivity index (χ3n) is 4.68. The van der Waals surface area contributed by atoms with Gasteiger partial charge in [-0.05, 0) is 37.3 Å². The van der Waals surface area contributed by atoms with Crippen LogP contribution in [0, 0.1) is 13.8 Å². The molecule has 6 nitrogen and oxygen atoms in total. The predicted molar refractivity (Wildman–Crippen MR) is 113 cm³/mol. The quantitative estimate of drug-likeness (QED) is 0.653. The molecule has 0 atom stereocenters. The van der Waals surface area contributed by atoms with Gasteiger partial charge in [-0.25, -0.2) is 9.78 Å². The van der Waals surface area contributed by atoms with E-state index in [1.807, 2.05) is 12.3 Å². The largest absolute Gasteiger partial charge is 0.345 e. The monoisotopic (exact) mass is 396 g/mol. The number of aryl methyl sites for hydroxylation is 2. The summed E-state index contributed by atoms with van der Waals surface area (Å²) in [4.78, 5) is 34.8. The van der Waals surface area contributed by atoms with Crippen LogP contribution in [0.25, 0.3) is 11.3 Å². The molecule has 0 radical (unpaired) electrons. The fraction of sp³-hybridized carbons (Fsp3) is 0.333. The Hall–Kier alpha value is -2.80. The summed E-state index contributed by atoms with van der Waals surface area (Å²) in [6.45, 7) is 7.93. The van der Waals surface area contributed by atoms with Gasteiger partial charge in [0.05, 0.1) is 5.69 Å². The van der Waals surface area contributed by atoms with Gasteiger partial charge in [-0.1, -0.05) is 38.1 Å². The molecule has 2 aromatic heterocycles. The van der Waals surface area contributed by atoms with Crippen LogP contribution in [0.15, 0.2) is 34.4 Å². The Kier molecular flexibility index (Phi) is 6.04. The Balaban J connectivity index is 1.62. The van der Waals surface area contributed by atoms with Gasteiger partial charge in [-0.2, -0.15) is 4.98 Å². The van der Waals surface area contributed by atoms with E-state index in [9.17, 15) is 9.59 Å². The first-order valence-electron chi connectivity index (χ1n) is 9.25. The lowest BCUT2D eigenvalue weighted by Gasteiger charge is -2.08. The molecule has 7 heteroatoms. The van der Waals surface area contributed by atoms with Gasteiger partial charge < -0.3 is 10.3 Å². The highest BCUT2D eigenvalue weighted by molar-refractivity contribution is 7.14. The molecule has 1 aromatic carbocycles. The van der Waals surface area contributed by atoms with Gasteiger partial charge in [0.25, 0.3) is 0 Å². The summed E-state index contributed by atoms with van der Waals surface area (Å²) in [5.41, 5.74) is 5.13. The average Bonchev–Trinajstić information content (AvgIpc) is 3.09. The first kappa shape index (κ1) is 19.9. The van der Waals surface area contributed by atoms with E-state index in [0.29, 0.717) is 29.6 Å². The summed E-state index contributed by atoms with van der Waals surface area (Å²) < 4.78 is 0. The Labute approximate surface area is 168 Å². The molecule has 0 aliphatic rings. The number of nitrogens with one attached hydrogen (secondary N) is 2. The lowest BCUT2D eigenvalue weighted by atomic mass is 10.0. The summed E-state index contributed by atoms with van der Waals surface area (Å²) in [6, 6.07) is 8.34. The Bertz CT molecular complexity index is 1010. The van der Waals surface area contributed by atoms with Crippen molar-refractivity contribution in [2.75, 3.05) is 5.32 Å². The van der Waals surface area contributed by atoms with Crippen LogP contribution >= 0.6 is 11.3 Å². The minimum absolute atomic E-state index is 0.110. The molecule has 0 saturated heterocycles. The number of aromatic amines is 1. The zero-order chi connectivity index (χ0) is 20.3. The zero-order valence-electron chi connectivity index (χ0n) is 16.5. The van der Waals surface area contributed by atoms with E-state index >= 15 is 0 Å². The van der Waals surface area contributed by atoms with Crippen molar-refractivity contribution >= 4 is 22.4 Å². The van der Waals surface area contributed by atoms with Gasteiger partial charge in [0.15, 0.2) is 5.13 Å². The maximum absolute atomic E-state index is 12.3. The topological polar surface area (TPSA) is 87.7 Å². The molecule has 1 amide bonds. The number of hydrogen-bond acceptors (Lipinski definition) is 5. The minimum atomic E-state index is -0.361. The smallest absolute Gasteiger partial charge is 0.310 e. The molecule has 0 aliphatic carbocycles. The van der Waals surface area contributed by atoms with E-state index in [2.05, 4.69) is 58.4 Å². The fourth-order valence-electron chi connectivity index (χ4n) is 3.05. The van der Waals surface area contributed by atoms with E-state index in [1.54, 1.807) is 6.92 Å². The molecular weight excluding hydrogens is 372 g/mol. The lowest BCUT2D eigenvalue weighted by molar-refractivity contribution is -0.116. The number of H-pyrrole nitrogens is 1. The zero-order valence-corrected chi connectivity index (χ0v) is 17.3. The molecule has 0 spiro atoms. The normalized spacial score (nSPS) is 11.0. The number of thiazole rings is 1. The van der Waals surface area contributed by atoms with Crippen molar-refractivity contribution in [2.24, 2.45) is 0 Å². The first-order chi connectivity index (χ1) is 13.3. The van der Waals surface area contributed by atoms with E-state index in [4.69, 9.17) is 0 Å². The summed E-state index contributed by atoms with van der Waals surface area (Å²) in [6.07, 6.45) is 0.815. The molecule has 0 unspecified atom stereocenters. The first-order valence-corrected chi connectivity index (χ1v) is 10.1. The number of anilines is 1. The van der Waals surface area contributed by atoms with Crippen LogP contribution in [-0.2, 0) is 11.2 Å². The van der Waals surface area contributed by atoms with Crippen molar-refractivity contribution in [3.8, 4) is 11.3 Å². The van der Waals surface area contributed by atoms with Gasteiger partial charge in [0.2, 0.25) is 5.91 Å². The van der Waals surface area contributed by atoms with Crippen LogP contribution in [0.4, 0.5) is 5.13 Å². The number of carbonyl (C=O) groups excluding carboxylic acids is 1. The second kappa shape index (κ2) is 8.48. The summed E-state index contributed by atoms with van der Waals surface area (Å²) >= 11 is 1.41. The van der Waals surface area contributed by atoms with Crippen LogP contribution in [0.1, 0.15) is 48.7 Å². The van der Waals surface area contributed by atoms with Crippen LogP contribution in [0.5, 0.6) is 0 Å². The number of hydrogen-bond donors (Lipinski definition) is 2. The van der Waals surface area contributed by atoms with E-state index in [1.165, 1.54) is 16.9 Å². The van der Waals surface area contributed by atoms with E-state index in [-0.39, 0.29) is 11.6 Å². The third kappa shape index (κ3) is 4.72. The van der Waals surface area contributed by atoms with Gasteiger partial charge in [-0.15, -0.1) is 11.3 Å². The number of rotatable bonds is 6. The van der Waals surface area contributed by atoms with Crippen LogP contribution in [-0.4, -0.2) is 20.9 Å². The number of carbonyl (C=O) groups is 1. The second-order valence-corrected chi connectivity index (χ2v) is 7.95. The summed E-state index contributed by atoms with van der Waals surface area (Å²) in [7, 11) is 0. The Morgan fingerprint density at radius 1 is 1.18 bits per heavy atom. The van der Waals surface area contributed by atoms with Gasteiger partial charge in [-0.3, -0.25) is 4.79 Å². The predicted octanol–water partition coefficient (Wildman–Crippen LogP) is 4.20. The van der Waals surface area contributed by atoms with Crippen molar-refractivity contribution in [2.45, 2.75) is 46.5 Å². The fourth-order valence-corrected chi connectivity index (χ4v) is 3.78. The maximum atomic E-state index is 12.3. The summed E-state index contributed by atoms with van der Waals surface area (Å²) in [5.74, 6) is 0.380. The molecule has 0 saturated carbocycles. The molecule has 2 heterocycles. The van der Waals surface area contributed by atoms with Crippen molar-refractivity contribution in [1.82, 2.24) is 15.0 Å². The maximum Gasteiger partial charge on any atom is 0.345 e. The van der Waals surface area contributed by atoms with Gasteiger partial charge >= 0.3 is 5.69 Å². The number of amides is 1. The molecule has 0 aliphatic heterocycles. The molecule has 3 rings (SSSR count).